The van der Waals surface area contributed by atoms with Crippen LogP contribution in [-0.2, 0) is 11.3 Å². The fraction of sp³-hybridized carbons (Fsp3) is 0.364. The second-order valence-electron chi connectivity index (χ2n) is 2.79. The Morgan fingerprint density at radius 1 is 1.47 bits per heavy atom. The number of para-hydroxylation sites is 1. The molecule has 0 spiro atoms. The summed E-state index contributed by atoms with van der Waals surface area (Å²) in [5.74, 6) is 1.29. The molecule has 80 valence electrons. The summed E-state index contributed by atoms with van der Waals surface area (Å²) >= 11 is 0. The van der Waals surface area contributed by atoms with Gasteiger partial charge in [0, 0.05) is 5.56 Å². The first-order valence-electron chi connectivity index (χ1n) is 4.65. The molecule has 0 saturated heterocycles. The Hall–Kier alpha value is -1.80. The topological polar surface area (TPSA) is 47.9 Å². The number of ether oxygens (including phenoxy) is 2. The molecule has 0 heterocycles. The van der Waals surface area contributed by atoms with Crippen LogP contribution in [0.5, 0.6) is 11.5 Å². The van der Waals surface area contributed by atoms with Gasteiger partial charge in [-0.25, -0.2) is 9.79 Å². The van der Waals surface area contributed by atoms with Crippen molar-refractivity contribution in [1.29, 1.82) is 0 Å². The summed E-state index contributed by atoms with van der Waals surface area (Å²) in [4.78, 5) is 13.5. The fourth-order valence-corrected chi connectivity index (χ4v) is 1.30. The molecule has 0 aliphatic heterocycles. The minimum absolute atomic E-state index is 0.258. The van der Waals surface area contributed by atoms with Crippen molar-refractivity contribution >= 4 is 6.08 Å². The normalized spacial score (nSPS) is 9.20. The van der Waals surface area contributed by atoms with Crippen LogP contribution in [-0.4, -0.2) is 19.8 Å². The molecule has 0 aromatic heterocycles. The lowest BCUT2D eigenvalue weighted by Gasteiger charge is -2.11. The van der Waals surface area contributed by atoms with Gasteiger partial charge in [-0.15, -0.1) is 0 Å². The summed E-state index contributed by atoms with van der Waals surface area (Å²) in [6.45, 7) is 2.72. The van der Waals surface area contributed by atoms with Crippen LogP contribution in [0, 0.1) is 0 Å². The zero-order valence-corrected chi connectivity index (χ0v) is 8.82. The largest absolute Gasteiger partial charge is 0.493 e. The smallest absolute Gasteiger partial charge is 0.235 e. The number of benzene rings is 1. The Bertz CT molecular complexity index is 370. The maximum atomic E-state index is 10.0. The molecule has 4 heteroatoms. The van der Waals surface area contributed by atoms with Crippen molar-refractivity contribution in [3.05, 3.63) is 23.8 Å². The number of rotatable bonds is 5. The molecule has 0 fully saturated rings. The molecule has 0 aliphatic carbocycles. The number of hydrogen-bond acceptors (Lipinski definition) is 4. The van der Waals surface area contributed by atoms with Gasteiger partial charge in [0.15, 0.2) is 11.5 Å². The van der Waals surface area contributed by atoms with Gasteiger partial charge in [-0.3, -0.25) is 0 Å². The fourth-order valence-electron chi connectivity index (χ4n) is 1.30. The molecule has 15 heavy (non-hydrogen) atoms. The van der Waals surface area contributed by atoms with E-state index in [1.165, 1.54) is 6.08 Å². The molecule has 0 amide bonds. The first-order chi connectivity index (χ1) is 7.33. The third-order valence-corrected chi connectivity index (χ3v) is 1.88. The van der Waals surface area contributed by atoms with Crippen molar-refractivity contribution < 1.29 is 14.3 Å². The van der Waals surface area contributed by atoms with Gasteiger partial charge in [-0.2, -0.15) is 0 Å². The molecule has 1 aromatic rings. The summed E-state index contributed by atoms with van der Waals surface area (Å²) in [6.07, 6.45) is 1.50. The first kappa shape index (κ1) is 11.3. The highest BCUT2D eigenvalue weighted by Gasteiger charge is 2.08. The molecule has 0 saturated carbocycles. The van der Waals surface area contributed by atoms with Crippen molar-refractivity contribution in [1.82, 2.24) is 0 Å². The maximum absolute atomic E-state index is 10.0. The van der Waals surface area contributed by atoms with Gasteiger partial charge in [-0.1, -0.05) is 12.1 Å². The van der Waals surface area contributed by atoms with Crippen molar-refractivity contribution in [3.63, 3.8) is 0 Å². The van der Waals surface area contributed by atoms with E-state index in [0.717, 1.165) is 5.56 Å². The standard InChI is InChI=1S/C11H13NO3/c1-3-15-10-6-4-5-9(7-12-8-13)11(10)14-2/h4-6H,3,7H2,1-2H3. The van der Waals surface area contributed by atoms with E-state index in [1.54, 1.807) is 7.11 Å². The summed E-state index contributed by atoms with van der Waals surface area (Å²) < 4.78 is 10.6. The van der Waals surface area contributed by atoms with Gasteiger partial charge in [0.2, 0.25) is 6.08 Å². The van der Waals surface area contributed by atoms with Crippen LogP contribution < -0.4 is 9.47 Å². The van der Waals surface area contributed by atoms with E-state index in [-0.39, 0.29) is 6.54 Å². The molecule has 4 nitrogen and oxygen atoms in total. The van der Waals surface area contributed by atoms with E-state index >= 15 is 0 Å². The summed E-state index contributed by atoms with van der Waals surface area (Å²) in [5, 5.41) is 0. The van der Waals surface area contributed by atoms with Gasteiger partial charge in [0.25, 0.3) is 0 Å². The Balaban J connectivity index is 3.03. The number of carbonyl (C=O) groups excluding carboxylic acids is 1. The molecule has 0 aliphatic rings. The van der Waals surface area contributed by atoms with Crippen molar-refractivity contribution in [2.45, 2.75) is 13.5 Å². The number of hydrogen-bond donors (Lipinski definition) is 0. The second kappa shape index (κ2) is 5.83. The van der Waals surface area contributed by atoms with Crippen molar-refractivity contribution in [2.24, 2.45) is 4.99 Å². The lowest BCUT2D eigenvalue weighted by atomic mass is 10.2. The number of nitrogens with zero attached hydrogens (tertiary/aromatic N) is 1. The molecule has 0 radical (unpaired) electrons. The molecule has 0 unspecified atom stereocenters. The van der Waals surface area contributed by atoms with Gasteiger partial charge in [0.1, 0.15) is 0 Å². The minimum Gasteiger partial charge on any atom is -0.493 e. The van der Waals surface area contributed by atoms with E-state index in [2.05, 4.69) is 4.99 Å². The Kier molecular flexibility index (Phi) is 4.38. The molecule has 1 aromatic carbocycles. The Labute approximate surface area is 88.5 Å². The highest BCUT2D eigenvalue weighted by molar-refractivity contribution is 5.47. The molecular weight excluding hydrogens is 194 g/mol. The van der Waals surface area contributed by atoms with Crippen LogP contribution in [0.2, 0.25) is 0 Å². The van der Waals surface area contributed by atoms with Gasteiger partial charge in [0.05, 0.1) is 20.3 Å². The second-order valence-corrected chi connectivity index (χ2v) is 2.79. The van der Waals surface area contributed by atoms with Gasteiger partial charge < -0.3 is 9.47 Å². The Morgan fingerprint density at radius 2 is 2.27 bits per heavy atom. The van der Waals surface area contributed by atoms with Crippen LogP contribution in [0.15, 0.2) is 23.2 Å². The highest BCUT2D eigenvalue weighted by Crippen LogP contribution is 2.31. The van der Waals surface area contributed by atoms with Gasteiger partial charge in [-0.05, 0) is 13.0 Å². The average molecular weight is 207 g/mol. The summed E-state index contributed by atoms with van der Waals surface area (Å²) in [6, 6.07) is 5.49. The minimum atomic E-state index is 0.258. The number of isocyanates is 1. The van der Waals surface area contributed by atoms with Crippen LogP contribution >= 0.6 is 0 Å². The van der Waals surface area contributed by atoms with Gasteiger partial charge >= 0.3 is 0 Å². The van der Waals surface area contributed by atoms with E-state index in [1.807, 2.05) is 25.1 Å². The predicted octanol–water partition coefficient (Wildman–Crippen LogP) is 1.93. The summed E-state index contributed by atoms with van der Waals surface area (Å²) in [7, 11) is 1.56. The van der Waals surface area contributed by atoms with Crippen LogP contribution in [0.3, 0.4) is 0 Å². The third-order valence-electron chi connectivity index (χ3n) is 1.88. The first-order valence-corrected chi connectivity index (χ1v) is 4.65. The van der Waals surface area contributed by atoms with E-state index in [9.17, 15) is 4.79 Å². The summed E-state index contributed by atoms with van der Waals surface area (Å²) in [5.41, 5.74) is 0.812. The molecule has 0 N–H and O–H groups in total. The number of aliphatic imine (C=N–C) groups is 1. The number of methoxy groups -OCH3 is 1. The quantitative estimate of drug-likeness (QED) is 0.547. The van der Waals surface area contributed by atoms with Crippen LogP contribution in [0.1, 0.15) is 12.5 Å². The molecule has 0 atom stereocenters. The predicted molar refractivity (Wildman–Crippen MR) is 56.0 cm³/mol. The SMILES string of the molecule is CCOc1cccc(CN=C=O)c1OC. The zero-order chi connectivity index (χ0) is 11.1. The van der Waals surface area contributed by atoms with E-state index in [0.29, 0.717) is 18.1 Å². The molecular formula is C11H13NO3. The monoisotopic (exact) mass is 207 g/mol. The van der Waals surface area contributed by atoms with Crippen molar-refractivity contribution in [2.75, 3.05) is 13.7 Å². The molecule has 1 rings (SSSR count). The van der Waals surface area contributed by atoms with E-state index < -0.39 is 0 Å². The van der Waals surface area contributed by atoms with Crippen LogP contribution in [0.4, 0.5) is 0 Å². The van der Waals surface area contributed by atoms with Crippen molar-refractivity contribution in [3.8, 4) is 11.5 Å². The third kappa shape index (κ3) is 2.82. The lowest BCUT2D eigenvalue weighted by molar-refractivity contribution is 0.309. The highest BCUT2D eigenvalue weighted by atomic mass is 16.5. The van der Waals surface area contributed by atoms with Crippen LogP contribution in [0.25, 0.3) is 0 Å². The molecule has 0 bridgehead atoms. The maximum Gasteiger partial charge on any atom is 0.235 e. The average Bonchev–Trinajstić information content (AvgIpc) is 2.27. The van der Waals surface area contributed by atoms with E-state index in [4.69, 9.17) is 9.47 Å². The Morgan fingerprint density at radius 3 is 2.87 bits per heavy atom. The zero-order valence-electron chi connectivity index (χ0n) is 8.82. The lowest BCUT2D eigenvalue weighted by Crippen LogP contribution is -1.98.